The average molecular weight is 429 g/mol. The van der Waals surface area contributed by atoms with Gasteiger partial charge >= 0.3 is 17.9 Å². The smallest absolute Gasteiger partial charge is 0.325 e. The Labute approximate surface area is 176 Å². The van der Waals surface area contributed by atoms with E-state index in [0.29, 0.717) is 22.1 Å². The Hall–Kier alpha value is -3.76. The van der Waals surface area contributed by atoms with Crippen molar-refractivity contribution in [3.8, 4) is 11.8 Å². The zero-order valence-corrected chi connectivity index (χ0v) is 16.7. The van der Waals surface area contributed by atoms with Gasteiger partial charge in [0.25, 0.3) is 0 Å². The second-order valence-corrected chi connectivity index (χ2v) is 6.30. The summed E-state index contributed by atoms with van der Waals surface area (Å²) in [5, 5.41) is 6.06. The minimum atomic E-state index is -0.633. The minimum Gasteiger partial charge on any atom is -0.424 e. The number of benzene rings is 2. The Morgan fingerprint density at radius 2 is 1.70 bits per heavy atom. The van der Waals surface area contributed by atoms with Crippen LogP contribution in [0.5, 0.6) is 11.8 Å². The van der Waals surface area contributed by atoms with Crippen molar-refractivity contribution < 1.29 is 19.2 Å². The van der Waals surface area contributed by atoms with Crippen LogP contribution in [0.25, 0.3) is 0 Å². The third-order valence-corrected chi connectivity index (χ3v) is 4.11. The summed E-state index contributed by atoms with van der Waals surface area (Å²) in [5.41, 5.74) is 4.13. The predicted octanol–water partition coefficient (Wildman–Crippen LogP) is 3.56. The van der Waals surface area contributed by atoms with E-state index in [0.717, 1.165) is 11.9 Å². The fourth-order valence-corrected chi connectivity index (χ4v) is 2.42. The zero-order chi connectivity index (χ0) is 21.5. The van der Waals surface area contributed by atoms with Crippen LogP contribution in [-0.4, -0.2) is 34.0 Å². The van der Waals surface area contributed by atoms with Gasteiger partial charge in [-0.2, -0.15) is 9.97 Å². The van der Waals surface area contributed by atoms with Gasteiger partial charge in [0, 0.05) is 16.4 Å². The molecule has 0 saturated carbocycles. The van der Waals surface area contributed by atoms with Crippen molar-refractivity contribution >= 4 is 34.9 Å². The molecule has 3 amide bonds. The van der Waals surface area contributed by atoms with Gasteiger partial charge in [-0.05, 0) is 55.0 Å². The molecule has 0 saturated heterocycles. The molecule has 10 nitrogen and oxygen atoms in total. The van der Waals surface area contributed by atoms with Gasteiger partial charge in [-0.15, -0.1) is 0 Å². The molecule has 0 unspecified atom stereocenters. The van der Waals surface area contributed by atoms with Gasteiger partial charge in [-0.1, -0.05) is 11.6 Å². The lowest BCUT2D eigenvalue weighted by atomic mass is 10.2. The highest BCUT2D eigenvalue weighted by atomic mass is 35.5. The van der Waals surface area contributed by atoms with E-state index < -0.39 is 11.9 Å². The molecule has 0 bridgehead atoms. The highest BCUT2D eigenvalue weighted by molar-refractivity contribution is 6.31. The quantitative estimate of drug-likeness (QED) is 0.512. The van der Waals surface area contributed by atoms with E-state index in [-0.39, 0.29) is 11.8 Å². The Bertz CT molecular complexity index is 1060. The molecule has 0 aliphatic rings. The molecule has 1 aromatic heterocycles. The van der Waals surface area contributed by atoms with Crippen LogP contribution in [0, 0.1) is 6.92 Å². The van der Waals surface area contributed by atoms with Gasteiger partial charge in [-0.3, -0.25) is 9.63 Å². The number of anilines is 2. The number of nitrogens with one attached hydrogen (secondary N) is 3. The highest BCUT2D eigenvalue weighted by Crippen LogP contribution is 2.21. The van der Waals surface area contributed by atoms with Crippen molar-refractivity contribution in [1.82, 2.24) is 20.4 Å². The lowest BCUT2D eigenvalue weighted by Crippen LogP contribution is -2.24. The predicted molar refractivity (Wildman–Crippen MR) is 110 cm³/mol. The Morgan fingerprint density at radius 1 is 1.00 bits per heavy atom. The number of aromatic nitrogens is 3. The molecule has 3 rings (SSSR count). The molecule has 0 aliphatic heterocycles. The van der Waals surface area contributed by atoms with Gasteiger partial charge in [-0.25, -0.2) is 15.3 Å². The SMILES string of the molecule is CONC(=O)c1ncnc(Oc2ccc(NC(=O)Nc3ccc(Cl)c(C)c3)cc2)n1. The molecule has 0 spiro atoms. The van der Waals surface area contributed by atoms with Crippen LogP contribution in [0.3, 0.4) is 0 Å². The van der Waals surface area contributed by atoms with Crippen LogP contribution in [0.1, 0.15) is 16.2 Å². The number of hydrogen-bond acceptors (Lipinski definition) is 7. The van der Waals surface area contributed by atoms with E-state index >= 15 is 0 Å². The molecule has 11 heteroatoms. The largest absolute Gasteiger partial charge is 0.424 e. The first-order valence-electron chi connectivity index (χ1n) is 8.59. The van der Waals surface area contributed by atoms with Crippen molar-refractivity contribution in [3.05, 3.63) is 65.2 Å². The van der Waals surface area contributed by atoms with Crippen molar-refractivity contribution in [2.45, 2.75) is 6.92 Å². The molecule has 3 N–H and O–H groups in total. The third-order valence-electron chi connectivity index (χ3n) is 3.68. The topological polar surface area (TPSA) is 127 Å². The van der Waals surface area contributed by atoms with Crippen LogP contribution < -0.4 is 20.9 Å². The Balaban J connectivity index is 1.59. The van der Waals surface area contributed by atoms with Crippen molar-refractivity contribution in [2.24, 2.45) is 0 Å². The van der Waals surface area contributed by atoms with E-state index in [2.05, 4.69) is 35.9 Å². The summed E-state index contributed by atoms with van der Waals surface area (Å²) >= 11 is 5.98. The molecular formula is C19H17ClN6O4. The third kappa shape index (κ3) is 5.63. The first-order valence-corrected chi connectivity index (χ1v) is 8.97. The van der Waals surface area contributed by atoms with Gasteiger partial charge in [0.05, 0.1) is 7.11 Å². The lowest BCUT2D eigenvalue weighted by Gasteiger charge is -2.10. The molecule has 0 radical (unpaired) electrons. The van der Waals surface area contributed by atoms with Crippen LogP contribution in [0.2, 0.25) is 5.02 Å². The van der Waals surface area contributed by atoms with Crippen LogP contribution in [0.15, 0.2) is 48.8 Å². The van der Waals surface area contributed by atoms with Crippen LogP contribution in [-0.2, 0) is 4.84 Å². The van der Waals surface area contributed by atoms with Gasteiger partial charge in [0.1, 0.15) is 12.1 Å². The molecule has 154 valence electrons. The van der Waals surface area contributed by atoms with E-state index in [9.17, 15) is 9.59 Å². The molecular weight excluding hydrogens is 412 g/mol. The average Bonchev–Trinajstić information content (AvgIpc) is 2.72. The summed E-state index contributed by atoms with van der Waals surface area (Å²) in [7, 11) is 1.29. The Kier molecular flexibility index (Phi) is 6.73. The highest BCUT2D eigenvalue weighted by Gasteiger charge is 2.11. The number of nitrogens with zero attached hydrogens (tertiary/aromatic N) is 3. The normalized spacial score (nSPS) is 10.2. The number of carbonyl (C=O) groups is 2. The summed E-state index contributed by atoms with van der Waals surface area (Å²) in [6.07, 6.45) is 1.14. The van der Waals surface area contributed by atoms with Crippen molar-refractivity contribution in [2.75, 3.05) is 17.7 Å². The van der Waals surface area contributed by atoms with Crippen LogP contribution >= 0.6 is 11.6 Å². The molecule has 30 heavy (non-hydrogen) atoms. The minimum absolute atomic E-state index is 0.0668. The lowest BCUT2D eigenvalue weighted by molar-refractivity contribution is 0.0525. The maximum Gasteiger partial charge on any atom is 0.325 e. The summed E-state index contributed by atoms with van der Waals surface area (Å²) in [6.45, 7) is 1.85. The van der Waals surface area contributed by atoms with Gasteiger partial charge in [0.15, 0.2) is 0 Å². The van der Waals surface area contributed by atoms with E-state index in [1.807, 2.05) is 6.92 Å². The molecule has 1 heterocycles. The standard InChI is InChI=1S/C19H17ClN6O4/c1-11-9-13(5-8-15(11)20)24-18(28)23-12-3-6-14(7-4-12)30-19-22-10-21-16(25-19)17(27)26-29-2/h3-10H,1-2H3,(H,26,27)(H2,23,24,28). The number of amides is 3. The molecule has 3 aromatic rings. The summed E-state index contributed by atoms with van der Waals surface area (Å²) in [4.78, 5) is 39.8. The van der Waals surface area contributed by atoms with E-state index in [1.165, 1.54) is 7.11 Å². The second kappa shape index (κ2) is 9.63. The van der Waals surface area contributed by atoms with Crippen LogP contribution in [0.4, 0.5) is 16.2 Å². The summed E-state index contributed by atoms with van der Waals surface area (Å²) < 4.78 is 5.50. The van der Waals surface area contributed by atoms with E-state index in [1.54, 1.807) is 42.5 Å². The molecule has 0 fully saturated rings. The number of urea groups is 1. The second-order valence-electron chi connectivity index (χ2n) is 5.90. The Morgan fingerprint density at radius 3 is 2.40 bits per heavy atom. The van der Waals surface area contributed by atoms with Crippen molar-refractivity contribution in [3.63, 3.8) is 0 Å². The molecule has 2 aromatic carbocycles. The monoisotopic (exact) mass is 428 g/mol. The number of hydrogen-bond donors (Lipinski definition) is 3. The zero-order valence-electron chi connectivity index (χ0n) is 16.0. The number of rotatable bonds is 6. The fourth-order valence-electron chi connectivity index (χ4n) is 2.31. The van der Waals surface area contributed by atoms with Gasteiger partial charge in [0.2, 0.25) is 5.82 Å². The number of halogens is 1. The maximum atomic E-state index is 12.1. The molecule has 0 aliphatic carbocycles. The van der Waals surface area contributed by atoms with Crippen molar-refractivity contribution in [1.29, 1.82) is 0 Å². The summed E-state index contributed by atoms with van der Waals surface area (Å²) in [5.74, 6) is -0.390. The number of hydroxylamine groups is 1. The number of aryl methyl sites for hydroxylation is 1. The first-order chi connectivity index (χ1) is 14.4. The first kappa shape index (κ1) is 21.0. The van der Waals surface area contributed by atoms with E-state index in [4.69, 9.17) is 16.3 Å². The summed E-state index contributed by atoms with van der Waals surface area (Å²) in [6, 6.07) is 11.2. The maximum absolute atomic E-state index is 12.1. The number of ether oxygens (including phenoxy) is 1. The van der Waals surface area contributed by atoms with Gasteiger partial charge < -0.3 is 15.4 Å². The fraction of sp³-hybridized carbons (Fsp3) is 0.105. The molecule has 0 atom stereocenters. The number of carbonyl (C=O) groups excluding carboxylic acids is 2.